The molecular formula is C22H14Br2N4O4S. The molecular weight excluding hydrogens is 576 g/mol. The zero-order valence-electron chi connectivity index (χ0n) is 17.1. The first-order valence-electron chi connectivity index (χ1n) is 9.02. The first kappa shape index (κ1) is 24.3. The maximum atomic E-state index is 9.97. The Bertz CT molecular complexity index is 1270. The Morgan fingerprint density at radius 2 is 1.39 bits per heavy atom. The lowest BCUT2D eigenvalue weighted by molar-refractivity contribution is 0.372. The number of rotatable bonds is 6. The van der Waals surface area contributed by atoms with Crippen LogP contribution < -0.4 is 9.47 Å². The number of nitrogens with zero attached hydrogens (tertiary/aromatic N) is 4. The van der Waals surface area contributed by atoms with Crippen molar-refractivity contribution in [1.29, 1.82) is 10.5 Å². The molecule has 2 aromatic carbocycles. The van der Waals surface area contributed by atoms with Crippen molar-refractivity contribution >= 4 is 66.7 Å². The standard InChI is InChI=1S/C22H14Br2N4O4S/c1-31-17-7-11(5-15(23)19(17)29)3-13(9-25)21-27-22(33-28-21)14(10-26)4-12-6-16(24)20(30)18(8-12)32-2/h3-8,29-30H,1-2H3/b13-3+,14-4+. The van der Waals surface area contributed by atoms with E-state index in [9.17, 15) is 20.7 Å². The van der Waals surface area contributed by atoms with E-state index in [4.69, 9.17) is 9.47 Å². The number of aromatic hydroxyl groups is 2. The maximum absolute atomic E-state index is 9.97. The molecule has 2 N–H and O–H groups in total. The van der Waals surface area contributed by atoms with Gasteiger partial charge in [-0.15, -0.1) is 0 Å². The van der Waals surface area contributed by atoms with Crippen LogP contribution in [0, 0.1) is 22.7 Å². The predicted octanol–water partition coefficient (Wildman–Crippen LogP) is 5.62. The average Bonchev–Trinajstić information content (AvgIpc) is 3.29. The normalized spacial score (nSPS) is 11.6. The molecule has 0 aliphatic rings. The van der Waals surface area contributed by atoms with Gasteiger partial charge < -0.3 is 19.7 Å². The highest BCUT2D eigenvalue weighted by atomic mass is 79.9. The average molecular weight is 590 g/mol. The summed E-state index contributed by atoms with van der Waals surface area (Å²) in [4.78, 5) is 4.35. The van der Waals surface area contributed by atoms with Crippen molar-refractivity contribution in [3.63, 3.8) is 0 Å². The van der Waals surface area contributed by atoms with Crippen molar-refractivity contribution in [1.82, 2.24) is 9.36 Å². The SMILES string of the molecule is COc1cc(/C=C(\C#N)c2nsc(/C(C#N)=C/c3cc(Br)c(O)c(OC)c3)n2)cc(Br)c1O. The van der Waals surface area contributed by atoms with Gasteiger partial charge in [-0.2, -0.15) is 14.9 Å². The number of phenolic OH excluding ortho intramolecular Hbond substituents is 2. The minimum absolute atomic E-state index is 0.0485. The van der Waals surface area contributed by atoms with Gasteiger partial charge in [-0.25, -0.2) is 4.98 Å². The van der Waals surface area contributed by atoms with Crippen molar-refractivity contribution in [3.8, 4) is 35.1 Å². The van der Waals surface area contributed by atoms with Crippen LogP contribution in [-0.4, -0.2) is 33.8 Å². The summed E-state index contributed by atoms with van der Waals surface area (Å²) < 4.78 is 15.3. The molecule has 1 aromatic heterocycles. The highest BCUT2D eigenvalue weighted by molar-refractivity contribution is 9.10. The molecule has 0 amide bonds. The van der Waals surface area contributed by atoms with E-state index in [0.717, 1.165) is 11.5 Å². The lowest BCUT2D eigenvalue weighted by Gasteiger charge is -2.06. The summed E-state index contributed by atoms with van der Waals surface area (Å²) in [7, 11) is 2.85. The topological polar surface area (TPSA) is 132 Å². The molecule has 0 atom stereocenters. The third kappa shape index (κ3) is 5.34. The maximum Gasteiger partial charge on any atom is 0.184 e. The quantitative estimate of drug-likeness (QED) is 0.354. The molecule has 8 nitrogen and oxygen atoms in total. The second-order valence-electron chi connectivity index (χ2n) is 6.37. The van der Waals surface area contributed by atoms with Crippen LogP contribution in [0.3, 0.4) is 0 Å². The van der Waals surface area contributed by atoms with Crippen molar-refractivity contribution < 1.29 is 19.7 Å². The summed E-state index contributed by atoms with van der Waals surface area (Å²) in [5, 5.41) is 39.5. The van der Waals surface area contributed by atoms with Gasteiger partial charge >= 0.3 is 0 Å². The first-order valence-corrected chi connectivity index (χ1v) is 11.4. The molecule has 0 radical (unpaired) electrons. The van der Waals surface area contributed by atoms with Crippen molar-refractivity contribution in [3.05, 3.63) is 55.2 Å². The number of nitriles is 2. The van der Waals surface area contributed by atoms with E-state index in [2.05, 4.69) is 53.4 Å². The number of allylic oxidation sites excluding steroid dienone is 2. The highest BCUT2D eigenvalue weighted by Gasteiger charge is 2.15. The van der Waals surface area contributed by atoms with Gasteiger partial charge in [0.2, 0.25) is 0 Å². The molecule has 0 fully saturated rings. The van der Waals surface area contributed by atoms with Crippen LogP contribution in [0.5, 0.6) is 23.0 Å². The van der Waals surface area contributed by atoms with E-state index in [-0.39, 0.29) is 40.0 Å². The van der Waals surface area contributed by atoms with Gasteiger partial charge in [0.15, 0.2) is 33.8 Å². The number of methoxy groups -OCH3 is 2. The van der Waals surface area contributed by atoms with Crippen molar-refractivity contribution in [2.24, 2.45) is 0 Å². The van der Waals surface area contributed by atoms with E-state index >= 15 is 0 Å². The number of ether oxygens (including phenoxy) is 2. The van der Waals surface area contributed by atoms with Gasteiger partial charge in [-0.3, -0.25) is 0 Å². The summed E-state index contributed by atoms with van der Waals surface area (Å²) in [5.74, 6) is 0.545. The van der Waals surface area contributed by atoms with Crippen LogP contribution in [0.1, 0.15) is 22.0 Å². The molecule has 3 rings (SSSR count). The fraction of sp³-hybridized carbons (Fsp3) is 0.0909. The van der Waals surface area contributed by atoms with Crippen LogP contribution in [0.25, 0.3) is 23.3 Å². The molecule has 0 aliphatic carbocycles. The minimum atomic E-state index is -0.0523. The van der Waals surface area contributed by atoms with Crippen LogP contribution in [0.2, 0.25) is 0 Å². The predicted molar refractivity (Wildman–Crippen MR) is 132 cm³/mol. The van der Waals surface area contributed by atoms with Gasteiger partial charge in [-0.1, -0.05) is 0 Å². The number of aromatic nitrogens is 2. The molecule has 166 valence electrons. The molecule has 33 heavy (non-hydrogen) atoms. The Labute approximate surface area is 210 Å². The molecule has 0 saturated carbocycles. The van der Waals surface area contributed by atoms with Gasteiger partial charge in [0.05, 0.1) is 34.3 Å². The Hall–Kier alpha value is -3.38. The summed E-state index contributed by atoms with van der Waals surface area (Å²) in [6.45, 7) is 0. The first-order chi connectivity index (χ1) is 15.8. The van der Waals surface area contributed by atoms with E-state index in [1.54, 1.807) is 36.4 Å². The number of phenols is 2. The van der Waals surface area contributed by atoms with Gasteiger partial charge in [0.25, 0.3) is 0 Å². The molecule has 0 aliphatic heterocycles. The Balaban J connectivity index is 1.99. The largest absolute Gasteiger partial charge is 0.503 e. The second kappa shape index (κ2) is 10.5. The lowest BCUT2D eigenvalue weighted by Crippen LogP contribution is -1.89. The summed E-state index contributed by atoms with van der Waals surface area (Å²) in [6, 6.07) is 10.6. The van der Waals surface area contributed by atoms with E-state index < -0.39 is 0 Å². The van der Waals surface area contributed by atoms with Crippen molar-refractivity contribution in [2.75, 3.05) is 14.2 Å². The van der Waals surface area contributed by atoms with Gasteiger partial charge in [0, 0.05) is 0 Å². The third-order valence-corrected chi connectivity index (χ3v) is 6.26. The molecule has 1 heterocycles. The second-order valence-corrected chi connectivity index (χ2v) is 8.83. The van der Waals surface area contributed by atoms with Crippen LogP contribution >= 0.6 is 43.4 Å². The minimum Gasteiger partial charge on any atom is -0.503 e. The third-order valence-electron chi connectivity index (χ3n) is 4.30. The lowest BCUT2D eigenvalue weighted by atomic mass is 10.1. The molecule has 0 saturated heterocycles. The van der Waals surface area contributed by atoms with Gasteiger partial charge in [-0.05, 0) is 90.9 Å². The monoisotopic (exact) mass is 588 g/mol. The summed E-state index contributed by atoms with van der Waals surface area (Å²) in [6.07, 6.45) is 3.13. The zero-order valence-corrected chi connectivity index (χ0v) is 21.1. The number of hydrogen-bond acceptors (Lipinski definition) is 9. The number of halogens is 2. The Morgan fingerprint density at radius 1 is 0.909 bits per heavy atom. The van der Waals surface area contributed by atoms with E-state index in [1.807, 2.05) is 0 Å². The number of benzene rings is 2. The Kier molecular flexibility index (Phi) is 7.71. The van der Waals surface area contributed by atoms with Crippen molar-refractivity contribution in [2.45, 2.75) is 0 Å². The van der Waals surface area contributed by atoms with Crippen LogP contribution in [-0.2, 0) is 0 Å². The zero-order chi connectivity index (χ0) is 24.1. The molecule has 0 spiro atoms. The fourth-order valence-electron chi connectivity index (χ4n) is 2.73. The van der Waals surface area contributed by atoms with Crippen LogP contribution in [0.15, 0.2) is 33.2 Å². The highest BCUT2D eigenvalue weighted by Crippen LogP contribution is 2.37. The summed E-state index contributed by atoms with van der Waals surface area (Å²) in [5.41, 5.74) is 1.58. The smallest absolute Gasteiger partial charge is 0.184 e. The summed E-state index contributed by atoms with van der Waals surface area (Å²) >= 11 is 7.47. The fourth-order valence-corrected chi connectivity index (χ4v) is 4.29. The Morgan fingerprint density at radius 3 is 1.85 bits per heavy atom. The molecule has 3 aromatic rings. The van der Waals surface area contributed by atoms with E-state index in [0.29, 0.717) is 25.1 Å². The molecule has 0 bridgehead atoms. The van der Waals surface area contributed by atoms with Crippen LogP contribution in [0.4, 0.5) is 0 Å². The van der Waals surface area contributed by atoms with E-state index in [1.165, 1.54) is 14.2 Å². The number of hydrogen-bond donors (Lipinski definition) is 2. The molecule has 11 heteroatoms. The molecule has 0 unspecified atom stereocenters. The van der Waals surface area contributed by atoms with Gasteiger partial charge in [0.1, 0.15) is 12.1 Å².